The van der Waals surface area contributed by atoms with E-state index in [-0.39, 0.29) is 24.4 Å². The number of esters is 1. The van der Waals surface area contributed by atoms with E-state index in [1.165, 1.54) is 23.8 Å². The Hall–Kier alpha value is -3.21. The summed E-state index contributed by atoms with van der Waals surface area (Å²) < 4.78 is 38.1. The molecule has 1 unspecified atom stereocenters. The number of carbonyl (C=O) groups excluding carboxylic acids is 1. The average molecular weight is 606 g/mol. The first-order chi connectivity index (χ1) is 19.4. The van der Waals surface area contributed by atoms with Crippen molar-refractivity contribution < 1.29 is 27.9 Å². The van der Waals surface area contributed by atoms with Gasteiger partial charge in [-0.2, -0.15) is 5.09 Å². The zero-order valence-corrected chi connectivity index (χ0v) is 24.8. The third kappa shape index (κ3) is 8.18. The highest BCUT2D eigenvalue weighted by Gasteiger charge is 2.38. The first-order valence-electron chi connectivity index (χ1n) is 13.2. The van der Waals surface area contributed by atoms with E-state index in [9.17, 15) is 18.9 Å². The van der Waals surface area contributed by atoms with Gasteiger partial charge in [-0.25, -0.2) is 9.36 Å². The number of H-pyrrole nitrogens is 1. The molecule has 0 radical (unpaired) electrons. The minimum Gasteiger partial charge on any atom is -0.462 e. The summed E-state index contributed by atoms with van der Waals surface area (Å²) in [7, 11) is -4.14. The van der Waals surface area contributed by atoms with Crippen LogP contribution in [0.3, 0.4) is 0 Å². The van der Waals surface area contributed by atoms with Gasteiger partial charge in [0, 0.05) is 23.2 Å². The summed E-state index contributed by atoms with van der Waals surface area (Å²) in [6.45, 7) is 6.65. The molecule has 1 fully saturated rings. The molecule has 2 N–H and O–H groups in total. The molecule has 41 heavy (non-hydrogen) atoms. The van der Waals surface area contributed by atoms with E-state index in [2.05, 4.69) is 10.1 Å². The smallest absolute Gasteiger partial charge is 0.459 e. The van der Waals surface area contributed by atoms with Crippen molar-refractivity contribution in [1.29, 1.82) is 0 Å². The van der Waals surface area contributed by atoms with Gasteiger partial charge in [-0.3, -0.25) is 23.7 Å². The number of nitrogens with zero attached hydrogens (tertiary/aromatic N) is 1. The first kappa shape index (κ1) is 30.7. The van der Waals surface area contributed by atoms with Crippen LogP contribution >= 0.6 is 19.3 Å². The zero-order chi connectivity index (χ0) is 29.7. The van der Waals surface area contributed by atoms with Crippen molar-refractivity contribution in [3.8, 4) is 16.9 Å². The van der Waals surface area contributed by atoms with Crippen molar-refractivity contribution >= 4 is 25.3 Å². The number of aromatic amines is 1. The molecular weight excluding hydrogens is 573 g/mol. The van der Waals surface area contributed by atoms with Crippen molar-refractivity contribution in [2.75, 3.05) is 6.61 Å². The van der Waals surface area contributed by atoms with Gasteiger partial charge < -0.3 is 14.0 Å². The van der Waals surface area contributed by atoms with Crippen LogP contribution in [0.4, 0.5) is 0 Å². The van der Waals surface area contributed by atoms with Crippen LogP contribution in [0.1, 0.15) is 40.3 Å². The first-order valence-corrected chi connectivity index (χ1v) is 15.1. The molecule has 4 rings (SSSR count). The highest BCUT2D eigenvalue weighted by Crippen LogP contribution is 2.46. The van der Waals surface area contributed by atoms with E-state index in [1.54, 1.807) is 44.2 Å². The van der Waals surface area contributed by atoms with Crippen molar-refractivity contribution in [2.24, 2.45) is 5.92 Å². The molecule has 1 aliphatic rings. The van der Waals surface area contributed by atoms with Crippen molar-refractivity contribution in [3.63, 3.8) is 0 Å². The average Bonchev–Trinajstić information content (AvgIpc) is 3.27. The number of ether oxygens (including phenoxy) is 2. The van der Waals surface area contributed by atoms with Gasteiger partial charge in [0.05, 0.1) is 18.8 Å². The molecule has 1 aliphatic heterocycles. The van der Waals surface area contributed by atoms with Gasteiger partial charge in [0.1, 0.15) is 18.0 Å². The minimum absolute atomic E-state index is 0.112. The second-order valence-electron chi connectivity index (χ2n) is 10.1. The Morgan fingerprint density at radius 3 is 2.54 bits per heavy atom. The molecule has 3 aromatic rings. The number of benzene rings is 2. The molecule has 13 heteroatoms. The highest BCUT2D eigenvalue weighted by atomic mass is 35.5. The maximum atomic E-state index is 13.9. The quantitative estimate of drug-likeness (QED) is 0.230. The van der Waals surface area contributed by atoms with E-state index in [0.29, 0.717) is 11.4 Å². The van der Waals surface area contributed by atoms with E-state index in [1.807, 2.05) is 25.1 Å². The molecular formula is C28H33ClN3O8P. The number of hydrogen-bond acceptors (Lipinski definition) is 8. The van der Waals surface area contributed by atoms with Gasteiger partial charge in [0.25, 0.3) is 5.56 Å². The Morgan fingerprint density at radius 1 is 1.15 bits per heavy atom. The second-order valence-corrected chi connectivity index (χ2v) is 12.3. The molecule has 1 aromatic heterocycles. The molecule has 2 aromatic carbocycles. The topological polar surface area (TPSA) is 138 Å². The normalized spacial score (nSPS) is 20.9. The predicted octanol–water partition coefficient (Wildman–Crippen LogP) is 4.91. The third-order valence-electron chi connectivity index (χ3n) is 6.30. The summed E-state index contributed by atoms with van der Waals surface area (Å²) in [5, 5.41) is 3.26. The number of nitrogens with one attached hydrogen (secondary N) is 2. The molecule has 11 nitrogen and oxygen atoms in total. The van der Waals surface area contributed by atoms with Crippen molar-refractivity contribution in [1.82, 2.24) is 14.6 Å². The van der Waals surface area contributed by atoms with E-state index >= 15 is 0 Å². The van der Waals surface area contributed by atoms with Gasteiger partial charge >= 0.3 is 19.4 Å². The summed E-state index contributed by atoms with van der Waals surface area (Å²) in [4.78, 5) is 38.4. The van der Waals surface area contributed by atoms with Crippen molar-refractivity contribution in [2.45, 2.75) is 58.6 Å². The molecule has 220 valence electrons. The summed E-state index contributed by atoms with van der Waals surface area (Å²) in [5.41, 5.74) is 0.668. The Bertz CT molecular complexity index is 1520. The Labute approximate surface area is 242 Å². The van der Waals surface area contributed by atoms with Gasteiger partial charge in [-0.05, 0) is 62.6 Å². The summed E-state index contributed by atoms with van der Waals surface area (Å²) in [6, 6.07) is 14.4. The molecule has 0 spiro atoms. The third-order valence-corrected chi connectivity index (χ3v) is 8.18. The van der Waals surface area contributed by atoms with Gasteiger partial charge in [0.2, 0.25) is 0 Å². The lowest BCUT2D eigenvalue weighted by molar-refractivity contribution is -0.149. The SMILES string of the molecule is CC(C)OC(=O)[C@H](C)NP(=O)(OC[C@@H]1C[C@H](C)[C@H](n2ccc(=O)[nH]c2=O)O1)Oc1ccc(-c2cccc(Cl)c2)cc1. The van der Waals surface area contributed by atoms with Crippen LogP contribution in [0.15, 0.2) is 70.4 Å². The lowest BCUT2D eigenvalue weighted by Crippen LogP contribution is -2.36. The summed E-state index contributed by atoms with van der Waals surface area (Å²) in [6.07, 6.45) is 0.288. The highest BCUT2D eigenvalue weighted by molar-refractivity contribution is 7.52. The van der Waals surface area contributed by atoms with E-state index < -0.39 is 43.3 Å². The molecule has 0 aliphatic carbocycles. The van der Waals surface area contributed by atoms with E-state index in [4.69, 9.17) is 30.1 Å². The number of carbonyl (C=O) groups is 1. The fraction of sp³-hybridized carbons (Fsp3) is 0.393. The van der Waals surface area contributed by atoms with Crippen LogP contribution < -0.4 is 20.9 Å². The van der Waals surface area contributed by atoms with Crippen LogP contribution in [0.5, 0.6) is 5.75 Å². The van der Waals surface area contributed by atoms with Crippen LogP contribution in [-0.4, -0.2) is 40.4 Å². The fourth-order valence-electron chi connectivity index (χ4n) is 4.40. The van der Waals surface area contributed by atoms with Crippen LogP contribution in [0, 0.1) is 5.92 Å². The monoisotopic (exact) mass is 605 g/mol. The number of halogens is 1. The number of rotatable bonds is 11. The molecule has 5 atom stereocenters. The van der Waals surface area contributed by atoms with E-state index in [0.717, 1.165) is 11.1 Å². The van der Waals surface area contributed by atoms with Gasteiger partial charge in [0.15, 0.2) is 0 Å². The van der Waals surface area contributed by atoms with Crippen molar-refractivity contribution in [3.05, 3.63) is 86.7 Å². The molecule has 2 heterocycles. The largest absolute Gasteiger partial charge is 0.462 e. The summed E-state index contributed by atoms with van der Waals surface area (Å²) in [5.74, 6) is -0.485. The van der Waals surface area contributed by atoms with Gasteiger partial charge in [-0.1, -0.05) is 42.8 Å². The fourth-order valence-corrected chi connectivity index (χ4v) is 6.11. The lowest BCUT2D eigenvalue weighted by atomic mass is 10.1. The van der Waals surface area contributed by atoms with Crippen LogP contribution in [-0.2, 0) is 23.4 Å². The maximum Gasteiger partial charge on any atom is 0.459 e. The second kappa shape index (κ2) is 13.2. The number of aromatic nitrogens is 2. The summed E-state index contributed by atoms with van der Waals surface area (Å²) >= 11 is 6.11. The maximum absolute atomic E-state index is 13.9. The van der Waals surface area contributed by atoms with Crippen LogP contribution in [0.2, 0.25) is 5.02 Å². The molecule has 0 bridgehead atoms. The number of hydrogen-bond donors (Lipinski definition) is 2. The zero-order valence-electron chi connectivity index (χ0n) is 23.1. The molecule has 0 amide bonds. The molecule has 0 saturated carbocycles. The Kier molecular flexibility index (Phi) is 9.88. The predicted molar refractivity (Wildman–Crippen MR) is 154 cm³/mol. The Morgan fingerprint density at radius 2 is 1.88 bits per heavy atom. The van der Waals surface area contributed by atoms with Gasteiger partial charge in [-0.15, -0.1) is 0 Å². The standard InChI is InChI=1S/C28H33ClN3O8P/c1-17(2)38-27(34)19(4)31-41(36,40-23-10-8-20(9-11-23)21-6-5-7-22(29)15-21)37-16-24-14-18(3)26(39-24)32-13-12-25(33)30-28(32)35/h5-13,15,17-19,24,26H,14,16H2,1-4H3,(H,31,36)(H,30,33,35)/t18-,19-,24-,26+,41?/m0/s1. The minimum atomic E-state index is -4.14. The Balaban J connectivity index is 1.49. The lowest BCUT2D eigenvalue weighted by Gasteiger charge is -2.24. The molecule has 1 saturated heterocycles. The van der Waals surface area contributed by atoms with Crippen LogP contribution in [0.25, 0.3) is 11.1 Å².